The fourth-order valence-corrected chi connectivity index (χ4v) is 8.14. The van der Waals surface area contributed by atoms with E-state index in [0.29, 0.717) is 37.7 Å². The van der Waals surface area contributed by atoms with E-state index >= 15 is 0 Å². The fraction of sp³-hybridized carbons (Fsp3) is 0.852. The summed E-state index contributed by atoms with van der Waals surface area (Å²) in [6, 6.07) is 0. The van der Waals surface area contributed by atoms with Crippen molar-refractivity contribution in [2.24, 2.45) is 28.6 Å². The van der Waals surface area contributed by atoms with E-state index in [2.05, 4.69) is 0 Å². The number of carbonyl (C=O) groups is 2. The van der Waals surface area contributed by atoms with Crippen LogP contribution in [0.25, 0.3) is 0 Å². The second kappa shape index (κ2) is 7.94. The third-order valence-corrected chi connectivity index (χ3v) is 10.3. The van der Waals surface area contributed by atoms with Gasteiger partial charge in [-0.3, -0.25) is 9.59 Å². The molecule has 7 nitrogen and oxygen atoms in total. The van der Waals surface area contributed by atoms with Crippen LogP contribution in [-0.4, -0.2) is 66.1 Å². The molecule has 0 aliphatic heterocycles. The highest BCUT2D eigenvalue weighted by Gasteiger charge is 2.69. The molecule has 0 heterocycles. The number of ketones is 2. The van der Waals surface area contributed by atoms with Crippen molar-refractivity contribution in [2.45, 2.75) is 115 Å². The first-order valence-corrected chi connectivity index (χ1v) is 12.8. The van der Waals surface area contributed by atoms with Crippen molar-refractivity contribution >= 4 is 11.6 Å². The minimum Gasteiger partial charge on any atom is -0.390 e. The third-order valence-electron chi connectivity index (χ3n) is 10.3. The lowest BCUT2D eigenvalue weighted by molar-refractivity contribution is -0.167. The van der Waals surface area contributed by atoms with Crippen molar-refractivity contribution in [3.8, 4) is 0 Å². The molecule has 0 aromatic rings. The van der Waals surface area contributed by atoms with Crippen molar-refractivity contribution in [3.05, 3.63) is 11.6 Å². The van der Waals surface area contributed by atoms with E-state index in [1.54, 1.807) is 19.9 Å². The van der Waals surface area contributed by atoms with Crippen molar-refractivity contribution in [1.82, 2.24) is 0 Å². The maximum atomic E-state index is 13.2. The SMILES string of the molecule is CC(C)(O)CCC(=O)C(C)(O)C1CCC2(O)C3=CC(=O)C4CC(O)C(O)CC4(C)C3CCC12C. The summed E-state index contributed by atoms with van der Waals surface area (Å²) in [5.74, 6) is -1.44. The monoisotopic (exact) mass is 478 g/mol. The van der Waals surface area contributed by atoms with Crippen molar-refractivity contribution in [1.29, 1.82) is 0 Å². The van der Waals surface area contributed by atoms with Gasteiger partial charge in [0.15, 0.2) is 11.6 Å². The zero-order chi connectivity index (χ0) is 25.5. The van der Waals surface area contributed by atoms with E-state index < -0.39 is 51.7 Å². The largest absolute Gasteiger partial charge is 0.390 e. The summed E-state index contributed by atoms with van der Waals surface area (Å²) in [6.07, 6.45) is 2.63. The molecule has 0 spiro atoms. The molecule has 5 N–H and O–H groups in total. The molecule has 0 aromatic carbocycles. The van der Waals surface area contributed by atoms with Crippen LogP contribution in [0.4, 0.5) is 0 Å². The number of rotatable bonds is 5. The Morgan fingerprint density at radius 2 is 1.71 bits per heavy atom. The normalized spacial score (nSPS) is 46.1. The van der Waals surface area contributed by atoms with Crippen LogP contribution in [0.5, 0.6) is 0 Å². The molecule has 9 atom stereocenters. The molecule has 34 heavy (non-hydrogen) atoms. The molecule has 0 radical (unpaired) electrons. The van der Waals surface area contributed by atoms with Gasteiger partial charge in [0.1, 0.15) is 5.60 Å². The molecule has 3 fully saturated rings. The average molecular weight is 479 g/mol. The molecule has 0 bridgehead atoms. The van der Waals surface area contributed by atoms with Gasteiger partial charge in [0.2, 0.25) is 0 Å². The highest BCUT2D eigenvalue weighted by Crippen LogP contribution is 2.68. The van der Waals surface area contributed by atoms with Crippen molar-refractivity contribution in [2.75, 3.05) is 0 Å². The molecule has 0 amide bonds. The second-order valence-corrected chi connectivity index (χ2v) is 13.0. The molecule has 192 valence electrons. The van der Waals surface area contributed by atoms with Crippen LogP contribution < -0.4 is 0 Å². The summed E-state index contributed by atoms with van der Waals surface area (Å²) in [6.45, 7) is 8.72. The van der Waals surface area contributed by atoms with Gasteiger partial charge in [0, 0.05) is 23.7 Å². The Labute approximate surface area is 202 Å². The van der Waals surface area contributed by atoms with Crippen LogP contribution in [-0.2, 0) is 9.59 Å². The van der Waals surface area contributed by atoms with E-state index in [-0.39, 0.29) is 36.7 Å². The highest BCUT2D eigenvalue weighted by molar-refractivity contribution is 5.95. The van der Waals surface area contributed by atoms with Crippen molar-refractivity contribution in [3.63, 3.8) is 0 Å². The number of carbonyl (C=O) groups excluding carboxylic acids is 2. The summed E-state index contributed by atoms with van der Waals surface area (Å²) in [5, 5.41) is 54.3. The van der Waals surface area contributed by atoms with Crippen LogP contribution >= 0.6 is 0 Å². The molecule has 9 unspecified atom stereocenters. The molecule has 0 saturated heterocycles. The smallest absolute Gasteiger partial charge is 0.164 e. The summed E-state index contributed by atoms with van der Waals surface area (Å²) >= 11 is 0. The van der Waals surface area contributed by atoms with Crippen LogP contribution in [0.1, 0.15) is 86.0 Å². The topological polar surface area (TPSA) is 135 Å². The molecule has 0 aromatic heterocycles. The van der Waals surface area contributed by atoms with Crippen LogP contribution in [0.15, 0.2) is 11.6 Å². The van der Waals surface area contributed by atoms with Gasteiger partial charge in [0.05, 0.1) is 23.4 Å². The van der Waals surface area contributed by atoms with Gasteiger partial charge in [0.25, 0.3) is 0 Å². The predicted molar refractivity (Wildman–Crippen MR) is 126 cm³/mol. The lowest BCUT2D eigenvalue weighted by Crippen LogP contribution is -2.62. The van der Waals surface area contributed by atoms with Gasteiger partial charge in [-0.2, -0.15) is 0 Å². The lowest BCUT2D eigenvalue weighted by Gasteiger charge is -2.60. The minimum absolute atomic E-state index is 0.0469. The van der Waals surface area contributed by atoms with Crippen LogP contribution in [0.2, 0.25) is 0 Å². The number of allylic oxidation sites excluding steroid dienone is 1. The van der Waals surface area contributed by atoms with Crippen LogP contribution in [0, 0.1) is 28.6 Å². The molecular weight excluding hydrogens is 436 g/mol. The quantitative estimate of drug-likeness (QED) is 0.408. The molecular formula is C27H42O7. The van der Waals surface area contributed by atoms with Gasteiger partial charge >= 0.3 is 0 Å². The van der Waals surface area contributed by atoms with Crippen molar-refractivity contribution < 1.29 is 35.1 Å². The Hall–Kier alpha value is -1.12. The van der Waals surface area contributed by atoms with Gasteiger partial charge in [-0.25, -0.2) is 0 Å². The molecule has 4 aliphatic carbocycles. The first-order chi connectivity index (χ1) is 15.5. The maximum Gasteiger partial charge on any atom is 0.164 e. The van der Waals surface area contributed by atoms with E-state index in [1.807, 2.05) is 13.8 Å². The fourth-order valence-electron chi connectivity index (χ4n) is 8.14. The third kappa shape index (κ3) is 3.65. The van der Waals surface area contributed by atoms with Gasteiger partial charge in [-0.1, -0.05) is 13.8 Å². The number of fused-ring (bicyclic) bond motifs is 5. The first-order valence-electron chi connectivity index (χ1n) is 12.8. The van der Waals surface area contributed by atoms with Gasteiger partial charge < -0.3 is 25.5 Å². The summed E-state index contributed by atoms with van der Waals surface area (Å²) in [4.78, 5) is 26.3. The Morgan fingerprint density at radius 3 is 2.32 bits per heavy atom. The van der Waals surface area contributed by atoms with E-state index in [1.165, 1.54) is 6.92 Å². The maximum absolute atomic E-state index is 13.2. The minimum atomic E-state index is -1.66. The highest BCUT2D eigenvalue weighted by atomic mass is 16.3. The summed E-state index contributed by atoms with van der Waals surface area (Å²) in [7, 11) is 0. The molecule has 3 saturated carbocycles. The van der Waals surface area contributed by atoms with E-state index in [9.17, 15) is 35.1 Å². The van der Waals surface area contributed by atoms with E-state index in [0.717, 1.165) is 0 Å². The van der Waals surface area contributed by atoms with Crippen LogP contribution in [0.3, 0.4) is 0 Å². The Bertz CT molecular complexity index is 901. The lowest BCUT2D eigenvalue weighted by atomic mass is 9.45. The van der Waals surface area contributed by atoms with Gasteiger partial charge in [-0.15, -0.1) is 0 Å². The predicted octanol–water partition coefficient (Wildman–Crippen LogP) is 2.06. The van der Waals surface area contributed by atoms with Gasteiger partial charge in [-0.05, 0) is 88.7 Å². The van der Waals surface area contributed by atoms with E-state index in [4.69, 9.17) is 0 Å². The zero-order valence-corrected chi connectivity index (χ0v) is 21.2. The molecule has 4 rings (SSSR count). The molecule has 4 aliphatic rings. The Balaban J connectivity index is 1.67. The Morgan fingerprint density at radius 1 is 1.06 bits per heavy atom. The molecule has 7 heteroatoms. The number of Topliss-reactive ketones (excluding diaryl/α,β-unsaturated/α-hetero) is 1. The summed E-state index contributed by atoms with van der Waals surface area (Å²) < 4.78 is 0. The number of aliphatic hydroxyl groups excluding tert-OH is 2. The zero-order valence-electron chi connectivity index (χ0n) is 21.2. The first kappa shape index (κ1) is 26.0. The number of aliphatic hydroxyl groups is 5. The summed E-state index contributed by atoms with van der Waals surface area (Å²) in [5.41, 5.74) is -4.67. The Kier molecular flexibility index (Phi) is 6.06. The second-order valence-electron chi connectivity index (χ2n) is 13.0. The number of hydrogen-bond donors (Lipinski definition) is 5. The average Bonchev–Trinajstić information content (AvgIpc) is 3.00. The standard InChI is InChI=1S/C27H42O7/c1-23(2,32)9-8-22(31)26(5,33)21-7-11-27(34)16-12-18(28)17-13-19(29)20(30)14-24(17,3)15(16)6-10-25(21,27)4/h12,15,17,19-21,29-30,32-34H,6-11,13-14H2,1-5H3. The number of hydrogen-bond acceptors (Lipinski definition) is 7.